The molecule has 0 aromatic rings. The van der Waals surface area contributed by atoms with Crippen molar-refractivity contribution in [3.63, 3.8) is 0 Å². The summed E-state index contributed by atoms with van der Waals surface area (Å²) in [6, 6.07) is 0. The highest BCUT2D eigenvalue weighted by atomic mass is 19.1. The lowest BCUT2D eigenvalue weighted by molar-refractivity contribution is 0.479. The van der Waals surface area contributed by atoms with Crippen LogP contribution in [0, 0.1) is 5.92 Å². The molecule has 0 saturated heterocycles. The summed E-state index contributed by atoms with van der Waals surface area (Å²) in [7, 11) is 0. The fraction of sp³-hybridized carbons (Fsp3) is 0.600. The van der Waals surface area contributed by atoms with E-state index in [1.54, 1.807) is 0 Å². The van der Waals surface area contributed by atoms with Crippen LogP contribution < -0.4 is 0 Å². The monoisotopic (exact) mass is 154 g/mol. The molecule has 0 nitrogen and oxygen atoms in total. The van der Waals surface area contributed by atoms with Crippen LogP contribution in [0.5, 0.6) is 0 Å². The van der Waals surface area contributed by atoms with Gasteiger partial charge in [-0.2, -0.15) is 0 Å². The van der Waals surface area contributed by atoms with Gasteiger partial charge in [-0.15, -0.1) is 0 Å². The maximum absolute atomic E-state index is 13.0. The van der Waals surface area contributed by atoms with E-state index in [4.69, 9.17) is 0 Å². The van der Waals surface area contributed by atoms with Crippen molar-refractivity contribution >= 4 is 0 Å². The molecular formula is C10H15F. The van der Waals surface area contributed by atoms with Crippen LogP contribution in [0.4, 0.5) is 4.39 Å². The lowest BCUT2D eigenvalue weighted by Crippen LogP contribution is -2.06. The van der Waals surface area contributed by atoms with Gasteiger partial charge in [-0.3, -0.25) is 0 Å². The van der Waals surface area contributed by atoms with E-state index in [1.165, 1.54) is 5.57 Å². The van der Waals surface area contributed by atoms with Gasteiger partial charge in [0.05, 0.1) is 0 Å². The average molecular weight is 154 g/mol. The van der Waals surface area contributed by atoms with Gasteiger partial charge >= 0.3 is 0 Å². The predicted molar refractivity (Wildman–Crippen MR) is 46.0 cm³/mol. The minimum atomic E-state index is 0.0717. The number of hydrogen-bond donors (Lipinski definition) is 0. The van der Waals surface area contributed by atoms with E-state index in [9.17, 15) is 4.39 Å². The Bertz CT molecular complexity index is 211. The molecule has 1 atom stereocenters. The van der Waals surface area contributed by atoms with Crippen LogP contribution in [0.1, 0.15) is 33.6 Å². The van der Waals surface area contributed by atoms with Gasteiger partial charge in [0.25, 0.3) is 0 Å². The van der Waals surface area contributed by atoms with E-state index < -0.39 is 0 Å². The summed E-state index contributed by atoms with van der Waals surface area (Å²) in [5.74, 6) is 0.515. The molecular weight excluding hydrogens is 139 g/mol. The van der Waals surface area contributed by atoms with E-state index in [0.29, 0.717) is 12.3 Å². The zero-order valence-electron chi connectivity index (χ0n) is 7.45. The summed E-state index contributed by atoms with van der Waals surface area (Å²) in [4.78, 5) is 0. The number of rotatable bonds is 1. The minimum absolute atomic E-state index is 0.0717. The van der Waals surface area contributed by atoms with Gasteiger partial charge in [-0.05, 0) is 31.8 Å². The molecule has 0 fully saturated rings. The van der Waals surface area contributed by atoms with Gasteiger partial charge < -0.3 is 0 Å². The standard InChI is InChI=1S/C10H15F/c1-4-9-6-10(11)8(3)5-7(9)2/h5,9H,4,6H2,1-3H3. The average Bonchev–Trinajstić information content (AvgIpc) is 1.97. The molecule has 0 bridgehead atoms. The molecule has 1 unspecified atom stereocenters. The first kappa shape index (κ1) is 8.51. The molecule has 0 aromatic carbocycles. The molecule has 0 aromatic heterocycles. The van der Waals surface area contributed by atoms with Crippen molar-refractivity contribution in [3.05, 3.63) is 23.0 Å². The molecule has 0 heterocycles. The van der Waals surface area contributed by atoms with E-state index >= 15 is 0 Å². The molecule has 1 heteroatoms. The highest BCUT2D eigenvalue weighted by Crippen LogP contribution is 2.31. The molecule has 11 heavy (non-hydrogen) atoms. The summed E-state index contributed by atoms with van der Waals surface area (Å²) < 4.78 is 13.0. The molecule has 62 valence electrons. The second kappa shape index (κ2) is 3.21. The first-order valence-electron chi connectivity index (χ1n) is 4.18. The van der Waals surface area contributed by atoms with E-state index in [-0.39, 0.29) is 5.83 Å². The zero-order chi connectivity index (χ0) is 8.43. The first-order chi connectivity index (χ1) is 5.15. The van der Waals surface area contributed by atoms with Crippen LogP contribution in [0.25, 0.3) is 0 Å². The fourth-order valence-electron chi connectivity index (χ4n) is 1.54. The largest absolute Gasteiger partial charge is 0.212 e. The Labute approximate surface area is 67.8 Å². The smallest absolute Gasteiger partial charge is 0.103 e. The summed E-state index contributed by atoms with van der Waals surface area (Å²) in [5, 5.41) is 0. The second-order valence-corrected chi connectivity index (χ2v) is 3.29. The van der Waals surface area contributed by atoms with Gasteiger partial charge in [0, 0.05) is 6.42 Å². The molecule has 0 amide bonds. The van der Waals surface area contributed by atoms with Gasteiger partial charge in [-0.1, -0.05) is 18.6 Å². The Balaban J connectivity index is 2.82. The molecule has 1 aliphatic carbocycles. The Morgan fingerprint density at radius 2 is 2.18 bits per heavy atom. The predicted octanol–water partition coefficient (Wildman–Crippen LogP) is 3.61. The van der Waals surface area contributed by atoms with Crippen molar-refractivity contribution in [1.82, 2.24) is 0 Å². The molecule has 0 spiro atoms. The third-order valence-electron chi connectivity index (χ3n) is 2.43. The van der Waals surface area contributed by atoms with Crippen LogP contribution in [0.3, 0.4) is 0 Å². The third-order valence-corrected chi connectivity index (χ3v) is 2.43. The van der Waals surface area contributed by atoms with Crippen molar-refractivity contribution in [2.24, 2.45) is 5.92 Å². The van der Waals surface area contributed by atoms with Crippen LogP contribution in [-0.2, 0) is 0 Å². The van der Waals surface area contributed by atoms with Crippen molar-refractivity contribution in [2.45, 2.75) is 33.6 Å². The maximum atomic E-state index is 13.0. The lowest BCUT2D eigenvalue weighted by atomic mass is 9.87. The highest BCUT2D eigenvalue weighted by Gasteiger charge is 2.16. The van der Waals surface area contributed by atoms with Crippen molar-refractivity contribution < 1.29 is 4.39 Å². The minimum Gasteiger partial charge on any atom is -0.212 e. The first-order valence-corrected chi connectivity index (χ1v) is 4.18. The van der Waals surface area contributed by atoms with Crippen molar-refractivity contribution in [1.29, 1.82) is 0 Å². The number of allylic oxidation sites excluding steroid dienone is 4. The molecule has 0 N–H and O–H groups in total. The van der Waals surface area contributed by atoms with Crippen LogP contribution in [-0.4, -0.2) is 0 Å². The fourth-order valence-corrected chi connectivity index (χ4v) is 1.54. The summed E-state index contributed by atoms with van der Waals surface area (Å²) in [5.41, 5.74) is 2.14. The Morgan fingerprint density at radius 3 is 2.73 bits per heavy atom. The SMILES string of the molecule is CCC1CC(F)=C(C)C=C1C. The van der Waals surface area contributed by atoms with E-state index in [0.717, 1.165) is 12.0 Å². The highest BCUT2D eigenvalue weighted by molar-refractivity contribution is 5.29. The van der Waals surface area contributed by atoms with E-state index in [1.807, 2.05) is 13.0 Å². The Kier molecular flexibility index (Phi) is 2.48. The van der Waals surface area contributed by atoms with Crippen molar-refractivity contribution in [3.8, 4) is 0 Å². The van der Waals surface area contributed by atoms with Gasteiger partial charge in [0.15, 0.2) is 0 Å². The quantitative estimate of drug-likeness (QED) is 0.541. The molecule has 0 saturated carbocycles. The topological polar surface area (TPSA) is 0 Å². The number of hydrogen-bond acceptors (Lipinski definition) is 0. The second-order valence-electron chi connectivity index (χ2n) is 3.29. The summed E-state index contributed by atoms with van der Waals surface area (Å²) in [6.07, 6.45) is 3.63. The summed E-state index contributed by atoms with van der Waals surface area (Å²) >= 11 is 0. The van der Waals surface area contributed by atoms with Crippen LogP contribution >= 0.6 is 0 Å². The molecule has 1 rings (SSSR count). The zero-order valence-corrected chi connectivity index (χ0v) is 7.45. The Hall–Kier alpha value is -0.590. The summed E-state index contributed by atoms with van der Waals surface area (Å²) in [6.45, 7) is 6.03. The normalized spacial score (nSPS) is 25.5. The third kappa shape index (κ3) is 1.70. The number of halogens is 1. The maximum Gasteiger partial charge on any atom is 0.103 e. The lowest BCUT2D eigenvalue weighted by Gasteiger charge is -2.19. The van der Waals surface area contributed by atoms with Crippen LogP contribution in [0.15, 0.2) is 23.0 Å². The molecule has 0 radical (unpaired) electrons. The molecule has 0 aliphatic heterocycles. The van der Waals surface area contributed by atoms with Gasteiger partial charge in [0.2, 0.25) is 0 Å². The van der Waals surface area contributed by atoms with E-state index in [2.05, 4.69) is 13.8 Å². The van der Waals surface area contributed by atoms with Crippen LogP contribution in [0.2, 0.25) is 0 Å². The molecule has 1 aliphatic rings. The van der Waals surface area contributed by atoms with Gasteiger partial charge in [-0.25, -0.2) is 4.39 Å². The van der Waals surface area contributed by atoms with Gasteiger partial charge in [0.1, 0.15) is 5.83 Å². The van der Waals surface area contributed by atoms with Crippen molar-refractivity contribution in [2.75, 3.05) is 0 Å². The Morgan fingerprint density at radius 1 is 1.55 bits per heavy atom.